The number of hydrogen-bond acceptors (Lipinski definition) is 3. The van der Waals surface area contributed by atoms with Crippen LogP contribution in [-0.2, 0) is 11.3 Å². The summed E-state index contributed by atoms with van der Waals surface area (Å²) in [6, 6.07) is 3.98. The number of imidazole rings is 1. The highest BCUT2D eigenvalue weighted by Crippen LogP contribution is 2.07. The summed E-state index contributed by atoms with van der Waals surface area (Å²) in [6.45, 7) is 2.16. The topological polar surface area (TPSA) is 58.4 Å². The molecule has 1 aliphatic heterocycles. The van der Waals surface area contributed by atoms with Gasteiger partial charge in [-0.2, -0.15) is 0 Å². The molecule has 0 aromatic carbocycles. The molecule has 96 valence electrons. The first-order chi connectivity index (χ1) is 8.33. The molecular weight excluding hydrogens is 252 g/mol. The van der Waals surface area contributed by atoms with Crippen molar-refractivity contribution in [2.75, 3.05) is 13.1 Å². The van der Waals surface area contributed by atoms with E-state index in [2.05, 4.69) is 15.6 Å². The molecule has 0 radical (unpaired) electrons. The van der Waals surface area contributed by atoms with Gasteiger partial charge in [-0.1, -0.05) is 0 Å². The van der Waals surface area contributed by atoms with Crippen LogP contribution >= 0.6 is 12.4 Å². The molecule has 6 heteroatoms. The number of carbonyl (C=O) groups excluding carboxylic acids is 1. The van der Waals surface area contributed by atoms with Crippen molar-refractivity contribution >= 4 is 24.0 Å². The van der Waals surface area contributed by atoms with Crippen LogP contribution in [0.15, 0.2) is 30.7 Å². The van der Waals surface area contributed by atoms with E-state index in [9.17, 15) is 4.79 Å². The minimum Gasteiger partial charge on any atom is -0.352 e. The summed E-state index contributed by atoms with van der Waals surface area (Å²) in [7, 11) is 0. The van der Waals surface area contributed by atoms with Crippen LogP contribution in [0.3, 0.4) is 0 Å². The Morgan fingerprint density at radius 1 is 1.50 bits per heavy atom. The maximum absolute atomic E-state index is 11.6. The van der Waals surface area contributed by atoms with Crippen LogP contribution in [0.4, 0.5) is 0 Å². The zero-order valence-corrected chi connectivity index (χ0v) is 10.6. The van der Waals surface area contributed by atoms with Crippen molar-refractivity contribution in [1.82, 2.24) is 20.0 Å². The van der Waals surface area contributed by atoms with E-state index in [1.54, 1.807) is 6.20 Å². The second kappa shape index (κ2) is 5.37. The highest BCUT2D eigenvalue weighted by molar-refractivity contribution is 5.85. The lowest BCUT2D eigenvalue weighted by molar-refractivity contribution is -0.126. The average molecular weight is 267 g/mol. The van der Waals surface area contributed by atoms with Crippen LogP contribution in [0, 0.1) is 5.92 Å². The zero-order chi connectivity index (χ0) is 11.7. The first-order valence-corrected chi connectivity index (χ1v) is 5.73. The standard InChI is InChI=1S/C12H14N4O.ClH/c17-12(10-7-13-8-10)15-6-9-1-3-16-4-2-14-11(16)5-9;/h1-5,10,13H,6-8H2,(H,15,17);1H. The molecule has 0 spiro atoms. The van der Waals surface area contributed by atoms with Crippen molar-refractivity contribution in [3.05, 3.63) is 36.3 Å². The molecular formula is C12H15ClN4O. The van der Waals surface area contributed by atoms with Crippen LogP contribution in [0.25, 0.3) is 5.65 Å². The van der Waals surface area contributed by atoms with Gasteiger partial charge in [-0.05, 0) is 17.7 Å². The molecule has 18 heavy (non-hydrogen) atoms. The number of halogens is 1. The van der Waals surface area contributed by atoms with Crippen LogP contribution in [-0.4, -0.2) is 28.4 Å². The highest BCUT2D eigenvalue weighted by atomic mass is 35.5. The highest BCUT2D eigenvalue weighted by Gasteiger charge is 2.24. The Labute approximate surface area is 111 Å². The lowest BCUT2D eigenvalue weighted by atomic mass is 10.0. The van der Waals surface area contributed by atoms with E-state index < -0.39 is 0 Å². The summed E-state index contributed by atoms with van der Waals surface area (Å²) in [5, 5.41) is 6.03. The van der Waals surface area contributed by atoms with Gasteiger partial charge in [-0.15, -0.1) is 12.4 Å². The monoisotopic (exact) mass is 266 g/mol. The normalized spacial score (nSPS) is 14.9. The average Bonchev–Trinajstić information content (AvgIpc) is 2.71. The molecule has 2 N–H and O–H groups in total. The van der Waals surface area contributed by atoms with E-state index in [-0.39, 0.29) is 24.2 Å². The third-order valence-corrected chi connectivity index (χ3v) is 3.08. The van der Waals surface area contributed by atoms with E-state index in [4.69, 9.17) is 0 Å². The number of amides is 1. The van der Waals surface area contributed by atoms with Gasteiger partial charge >= 0.3 is 0 Å². The molecule has 1 aliphatic rings. The molecule has 3 heterocycles. The lowest BCUT2D eigenvalue weighted by Gasteiger charge is -2.25. The molecule has 0 saturated carbocycles. The van der Waals surface area contributed by atoms with Crippen molar-refractivity contribution in [1.29, 1.82) is 0 Å². The van der Waals surface area contributed by atoms with Crippen molar-refractivity contribution < 1.29 is 4.79 Å². The Morgan fingerprint density at radius 2 is 2.33 bits per heavy atom. The number of aromatic nitrogens is 2. The smallest absolute Gasteiger partial charge is 0.225 e. The number of rotatable bonds is 3. The first-order valence-electron chi connectivity index (χ1n) is 5.73. The lowest BCUT2D eigenvalue weighted by Crippen LogP contribution is -2.50. The number of nitrogens with one attached hydrogen (secondary N) is 2. The van der Waals surface area contributed by atoms with E-state index in [0.29, 0.717) is 6.54 Å². The van der Waals surface area contributed by atoms with E-state index in [1.165, 1.54) is 0 Å². The van der Waals surface area contributed by atoms with Crippen molar-refractivity contribution in [3.8, 4) is 0 Å². The molecule has 2 aromatic heterocycles. The molecule has 1 fully saturated rings. The van der Waals surface area contributed by atoms with Gasteiger partial charge in [0.05, 0.1) is 5.92 Å². The first kappa shape index (κ1) is 12.9. The second-order valence-electron chi connectivity index (χ2n) is 4.30. The molecule has 1 amide bonds. The molecule has 1 saturated heterocycles. The van der Waals surface area contributed by atoms with E-state index in [0.717, 1.165) is 24.3 Å². The second-order valence-corrected chi connectivity index (χ2v) is 4.30. The fourth-order valence-corrected chi connectivity index (χ4v) is 1.87. The van der Waals surface area contributed by atoms with Gasteiger partial charge in [-0.25, -0.2) is 4.98 Å². The number of nitrogens with zero attached hydrogens (tertiary/aromatic N) is 2. The quantitative estimate of drug-likeness (QED) is 0.855. The summed E-state index contributed by atoms with van der Waals surface area (Å²) < 4.78 is 1.95. The molecule has 0 bridgehead atoms. The molecule has 5 nitrogen and oxygen atoms in total. The molecule has 0 aliphatic carbocycles. The van der Waals surface area contributed by atoms with Gasteiger partial charge in [-0.3, -0.25) is 4.79 Å². The summed E-state index contributed by atoms with van der Waals surface area (Å²) in [5.41, 5.74) is 1.98. The number of carbonyl (C=O) groups is 1. The Morgan fingerprint density at radius 3 is 3.06 bits per heavy atom. The number of hydrogen-bond donors (Lipinski definition) is 2. The fourth-order valence-electron chi connectivity index (χ4n) is 1.87. The van der Waals surface area contributed by atoms with Crippen LogP contribution in [0.1, 0.15) is 5.56 Å². The van der Waals surface area contributed by atoms with Gasteiger partial charge < -0.3 is 15.0 Å². The van der Waals surface area contributed by atoms with Gasteiger partial charge in [0.1, 0.15) is 5.65 Å². The Bertz CT molecular complexity index is 550. The van der Waals surface area contributed by atoms with E-state index in [1.807, 2.05) is 28.9 Å². The fraction of sp³-hybridized carbons (Fsp3) is 0.333. The van der Waals surface area contributed by atoms with Crippen molar-refractivity contribution in [2.45, 2.75) is 6.54 Å². The van der Waals surface area contributed by atoms with Gasteiger partial charge in [0, 0.05) is 38.2 Å². The minimum absolute atomic E-state index is 0. The van der Waals surface area contributed by atoms with Crippen molar-refractivity contribution in [3.63, 3.8) is 0 Å². The zero-order valence-electron chi connectivity index (χ0n) is 9.80. The van der Waals surface area contributed by atoms with Crippen molar-refractivity contribution in [2.24, 2.45) is 5.92 Å². The molecule has 0 atom stereocenters. The Hall–Kier alpha value is -1.59. The van der Waals surface area contributed by atoms with Crippen LogP contribution < -0.4 is 10.6 Å². The molecule has 3 rings (SSSR count). The minimum atomic E-state index is 0. The summed E-state index contributed by atoms with van der Waals surface area (Å²) in [4.78, 5) is 15.8. The SMILES string of the molecule is Cl.O=C(NCc1ccn2ccnc2c1)C1CNC1. The third kappa shape index (κ3) is 2.47. The maximum Gasteiger partial charge on any atom is 0.225 e. The van der Waals surface area contributed by atoms with Crippen LogP contribution in [0.5, 0.6) is 0 Å². The Kier molecular flexibility index (Phi) is 3.84. The Balaban J connectivity index is 0.00000120. The maximum atomic E-state index is 11.6. The van der Waals surface area contributed by atoms with Crippen LogP contribution in [0.2, 0.25) is 0 Å². The molecule has 2 aromatic rings. The number of fused-ring (bicyclic) bond motifs is 1. The summed E-state index contributed by atoms with van der Waals surface area (Å²) in [6.07, 6.45) is 5.62. The summed E-state index contributed by atoms with van der Waals surface area (Å²) in [5.74, 6) is 0.275. The van der Waals surface area contributed by atoms with E-state index >= 15 is 0 Å². The largest absolute Gasteiger partial charge is 0.352 e. The predicted octanol–water partition coefficient (Wildman–Crippen LogP) is 0.592. The predicted molar refractivity (Wildman–Crippen MR) is 70.6 cm³/mol. The summed E-state index contributed by atoms with van der Waals surface area (Å²) >= 11 is 0. The van der Waals surface area contributed by atoms with Gasteiger partial charge in [0.15, 0.2) is 0 Å². The van der Waals surface area contributed by atoms with Gasteiger partial charge in [0.25, 0.3) is 0 Å². The molecule has 0 unspecified atom stereocenters. The van der Waals surface area contributed by atoms with Gasteiger partial charge in [0.2, 0.25) is 5.91 Å². The third-order valence-electron chi connectivity index (χ3n) is 3.08. The number of pyridine rings is 1.